The molecule has 0 amide bonds. The van der Waals surface area contributed by atoms with E-state index in [2.05, 4.69) is 17.4 Å². The Bertz CT molecular complexity index is 597. The van der Waals surface area contributed by atoms with E-state index in [1.54, 1.807) is 0 Å². The van der Waals surface area contributed by atoms with Gasteiger partial charge in [-0.1, -0.05) is 23.7 Å². The van der Waals surface area contributed by atoms with Crippen molar-refractivity contribution in [3.8, 4) is 5.75 Å². The van der Waals surface area contributed by atoms with Crippen LogP contribution in [0.4, 0.5) is 5.69 Å². The third-order valence-corrected chi connectivity index (χ3v) is 3.63. The Morgan fingerprint density at radius 1 is 1.26 bits per heavy atom. The van der Waals surface area contributed by atoms with Crippen molar-refractivity contribution in [3.05, 3.63) is 58.6 Å². The van der Waals surface area contributed by atoms with Gasteiger partial charge in [-0.3, -0.25) is 0 Å². The van der Waals surface area contributed by atoms with Crippen LogP contribution in [0.5, 0.6) is 5.75 Å². The molecule has 1 heterocycles. The molecular formula is C16H16ClNO. The molecule has 0 fully saturated rings. The van der Waals surface area contributed by atoms with Crippen LogP contribution in [0.3, 0.4) is 0 Å². The molecule has 1 N–H and O–H groups in total. The van der Waals surface area contributed by atoms with Gasteiger partial charge in [-0.05, 0) is 54.8 Å². The lowest BCUT2D eigenvalue weighted by Crippen LogP contribution is -2.05. The van der Waals surface area contributed by atoms with Crippen molar-refractivity contribution in [2.45, 2.75) is 19.4 Å². The lowest BCUT2D eigenvalue weighted by atomic mass is 10.0. The summed E-state index contributed by atoms with van der Waals surface area (Å²) >= 11 is 6.04. The quantitative estimate of drug-likeness (QED) is 0.892. The van der Waals surface area contributed by atoms with E-state index in [9.17, 15) is 0 Å². The van der Waals surface area contributed by atoms with Crippen LogP contribution in [-0.2, 0) is 6.42 Å². The Morgan fingerprint density at radius 3 is 3.00 bits per heavy atom. The molecule has 0 spiro atoms. The second kappa shape index (κ2) is 5.14. The number of benzene rings is 2. The van der Waals surface area contributed by atoms with Crippen LogP contribution in [0.2, 0.25) is 5.02 Å². The summed E-state index contributed by atoms with van der Waals surface area (Å²) in [6, 6.07) is 14.6. The number of hydrogen-bond donors (Lipinski definition) is 1. The van der Waals surface area contributed by atoms with Crippen LogP contribution in [-0.4, -0.2) is 6.61 Å². The molecule has 2 aromatic carbocycles. The molecule has 0 saturated carbocycles. The minimum atomic E-state index is 0.300. The van der Waals surface area contributed by atoms with Crippen LogP contribution >= 0.6 is 11.6 Å². The molecule has 0 aromatic heterocycles. The molecule has 3 heteroatoms. The molecule has 1 aliphatic rings. The van der Waals surface area contributed by atoms with Crippen LogP contribution in [0, 0.1) is 0 Å². The Hall–Kier alpha value is -1.67. The first-order valence-corrected chi connectivity index (χ1v) is 6.92. The summed E-state index contributed by atoms with van der Waals surface area (Å²) in [6.45, 7) is 2.69. The molecule has 0 radical (unpaired) electrons. The van der Waals surface area contributed by atoms with Crippen LogP contribution in [0.25, 0.3) is 0 Å². The average Bonchev–Trinajstić information content (AvgIpc) is 2.82. The maximum Gasteiger partial charge on any atom is 0.119 e. The first kappa shape index (κ1) is 12.4. The third kappa shape index (κ3) is 2.54. The monoisotopic (exact) mass is 273 g/mol. The normalized spacial score (nSPS) is 16.8. The zero-order valence-electron chi connectivity index (χ0n) is 10.8. The maximum atomic E-state index is 6.04. The summed E-state index contributed by atoms with van der Waals surface area (Å²) in [6.07, 6.45) is 0.964. The Balaban J connectivity index is 1.84. The van der Waals surface area contributed by atoms with Gasteiger partial charge in [-0.15, -0.1) is 0 Å². The van der Waals surface area contributed by atoms with E-state index in [1.165, 1.54) is 16.8 Å². The molecule has 1 aliphatic heterocycles. The number of ether oxygens (including phenoxy) is 1. The fourth-order valence-corrected chi connectivity index (χ4v) is 2.71. The van der Waals surface area contributed by atoms with Gasteiger partial charge in [0, 0.05) is 10.7 Å². The molecule has 1 atom stereocenters. The highest BCUT2D eigenvalue weighted by molar-refractivity contribution is 6.30. The predicted octanol–water partition coefficient (Wildman–Crippen LogP) is 4.45. The minimum Gasteiger partial charge on any atom is -0.494 e. The van der Waals surface area contributed by atoms with Crippen molar-refractivity contribution in [1.82, 2.24) is 0 Å². The van der Waals surface area contributed by atoms with Gasteiger partial charge < -0.3 is 10.1 Å². The van der Waals surface area contributed by atoms with Gasteiger partial charge in [-0.2, -0.15) is 0 Å². The van der Waals surface area contributed by atoms with Crippen molar-refractivity contribution in [1.29, 1.82) is 0 Å². The van der Waals surface area contributed by atoms with Crippen molar-refractivity contribution in [3.63, 3.8) is 0 Å². The molecule has 0 aliphatic carbocycles. The van der Waals surface area contributed by atoms with Crippen molar-refractivity contribution in [2.75, 3.05) is 11.9 Å². The smallest absolute Gasteiger partial charge is 0.119 e. The van der Waals surface area contributed by atoms with E-state index in [0.717, 1.165) is 17.2 Å². The summed E-state index contributed by atoms with van der Waals surface area (Å²) in [5.41, 5.74) is 3.70. The largest absolute Gasteiger partial charge is 0.494 e. The van der Waals surface area contributed by atoms with Gasteiger partial charge in [0.25, 0.3) is 0 Å². The lowest BCUT2D eigenvalue weighted by Gasteiger charge is -2.13. The van der Waals surface area contributed by atoms with E-state index in [1.807, 2.05) is 37.3 Å². The molecule has 2 aromatic rings. The highest BCUT2D eigenvalue weighted by Gasteiger charge is 2.22. The molecular weight excluding hydrogens is 258 g/mol. The topological polar surface area (TPSA) is 21.3 Å². The van der Waals surface area contributed by atoms with E-state index in [0.29, 0.717) is 12.6 Å². The summed E-state index contributed by atoms with van der Waals surface area (Å²) < 4.78 is 5.55. The van der Waals surface area contributed by atoms with Crippen LogP contribution in [0.1, 0.15) is 24.1 Å². The third-order valence-electron chi connectivity index (χ3n) is 3.39. The fraction of sp³-hybridized carbons (Fsp3) is 0.250. The minimum absolute atomic E-state index is 0.300. The second-order valence-corrected chi connectivity index (χ2v) is 5.14. The number of halogens is 1. The van der Waals surface area contributed by atoms with E-state index in [-0.39, 0.29) is 0 Å². The molecule has 2 nitrogen and oxygen atoms in total. The summed E-state index contributed by atoms with van der Waals surface area (Å²) in [5.74, 6) is 0.927. The molecule has 0 bridgehead atoms. The number of nitrogens with one attached hydrogen (secondary N) is 1. The fourth-order valence-electron chi connectivity index (χ4n) is 2.52. The number of hydrogen-bond acceptors (Lipinski definition) is 2. The lowest BCUT2D eigenvalue weighted by molar-refractivity contribution is 0.339. The molecule has 1 unspecified atom stereocenters. The number of rotatable bonds is 3. The summed E-state index contributed by atoms with van der Waals surface area (Å²) in [7, 11) is 0. The Kier molecular flexibility index (Phi) is 3.34. The average molecular weight is 274 g/mol. The first-order valence-electron chi connectivity index (χ1n) is 6.54. The molecule has 19 heavy (non-hydrogen) atoms. The van der Waals surface area contributed by atoms with E-state index < -0.39 is 0 Å². The van der Waals surface area contributed by atoms with Gasteiger partial charge >= 0.3 is 0 Å². The van der Waals surface area contributed by atoms with Crippen LogP contribution in [0.15, 0.2) is 42.5 Å². The number of fused-ring (bicyclic) bond motifs is 1. The van der Waals surface area contributed by atoms with Gasteiger partial charge in [0.2, 0.25) is 0 Å². The summed E-state index contributed by atoms with van der Waals surface area (Å²) in [5, 5.41) is 4.33. The van der Waals surface area contributed by atoms with Gasteiger partial charge in [0.05, 0.1) is 12.6 Å². The molecule has 0 saturated heterocycles. The zero-order valence-corrected chi connectivity index (χ0v) is 11.6. The summed E-state index contributed by atoms with van der Waals surface area (Å²) in [4.78, 5) is 0. The Morgan fingerprint density at radius 2 is 2.16 bits per heavy atom. The second-order valence-electron chi connectivity index (χ2n) is 4.71. The molecule has 3 rings (SSSR count). The first-order chi connectivity index (χ1) is 9.26. The Labute approximate surface area is 118 Å². The van der Waals surface area contributed by atoms with E-state index >= 15 is 0 Å². The van der Waals surface area contributed by atoms with Gasteiger partial charge in [-0.25, -0.2) is 0 Å². The van der Waals surface area contributed by atoms with Crippen molar-refractivity contribution < 1.29 is 4.74 Å². The van der Waals surface area contributed by atoms with Crippen molar-refractivity contribution >= 4 is 17.3 Å². The van der Waals surface area contributed by atoms with Crippen LogP contribution < -0.4 is 10.1 Å². The van der Waals surface area contributed by atoms with Crippen molar-refractivity contribution in [2.24, 2.45) is 0 Å². The highest BCUT2D eigenvalue weighted by Crippen LogP contribution is 2.36. The number of anilines is 1. The standard InChI is InChI=1S/C16H16ClNO/c1-2-19-14-5-3-4-11(9-14)16-10-12-8-13(17)6-7-15(12)18-16/h3-9,16,18H,2,10H2,1H3. The zero-order chi connectivity index (χ0) is 13.2. The SMILES string of the molecule is CCOc1cccc(C2Cc3cc(Cl)ccc3N2)c1. The van der Waals surface area contributed by atoms with Gasteiger partial charge in [0.1, 0.15) is 5.75 Å². The molecule has 98 valence electrons. The van der Waals surface area contributed by atoms with E-state index in [4.69, 9.17) is 16.3 Å². The maximum absolute atomic E-state index is 6.04. The van der Waals surface area contributed by atoms with Gasteiger partial charge in [0.15, 0.2) is 0 Å². The highest BCUT2D eigenvalue weighted by atomic mass is 35.5. The predicted molar refractivity (Wildman–Crippen MR) is 79.1 cm³/mol.